The average Bonchev–Trinajstić information content (AvgIpc) is 3.41. The Kier molecular flexibility index (Phi) is 8.95. The number of benzene rings is 2. The highest BCUT2D eigenvalue weighted by Gasteiger charge is 2.48. The van der Waals surface area contributed by atoms with E-state index in [0.717, 1.165) is 37.0 Å². The lowest BCUT2D eigenvalue weighted by molar-refractivity contribution is -0.142. The van der Waals surface area contributed by atoms with Crippen molar-refractivity contribution in [3.05, 3.63) is 65.2 Å². The summed E-state index contributed by atoms with van der Waals surface area (Å²) in [7, 11) is -5.88. The number of nitrogens with zero attached hydrogens (tertiary/aromatic N) is 1. The summed E-state index contributed by atoms with van der Waals surface area (Å²) in [5.74, 6) is -2.42. The average molecular weight is 596 g/mol. The molecule has 2 aromatic carbocycles. The first-order chi connectivity index (χ1) is 19.3. The standard InChI is InChI=1S/C28H32F3N3O6S/c1-17(2)25(35)33-24(19-12-14-20(15-13-19)40-41(38,39)28(29,30)31)27(37)34-16-6-11-23(34)26(36)32-22-10-5-8-18-7-3-4-9-21(18)22/h3-4,7,9,12-15,17,22-24H,5-6,8,10-11,16H2,1-2H3,(H,32,36)(H,33,35)/t22-,23+,24+/m1/s1. The molecule has 9 nitrogen and oxygen atoms in total. The maximum absolute atomic E-state index is 13.8. The quantitative estimate of drug-likeness (QED) is 0.353. The Morgan fingerprint density at radius 2 is 1.68 bits per heavy atom. The predicted octanol–water partition coefficient (Wildman–Crippen LogP) is 3.91. The molecule has 0 bridgehead atoms. The molecule has 0 radical (unpaired) electrons. The van der Waals surface area contributed by atoms with Gasteiger partial charge in [-0.15, -0.1) is 0 Å². The molecule has 1 heterocycles. The van der Waals surface area contributed by atoms with Gasteiger partial charge in [0.1, 0.15) is 17.8 Å². The first-order valence-corrected chi connectivity index (χ1v) is 14.8. The fourth-order valence-electron chi connectivity index (χ4n) is 5.13. The summed E-state index contributed by atoms with van der Waals surface area (Å²) in [5, 5.41) is 5.75. The van der Waals surface area contributed by atoms with Crippen LogP contribution in [0.3, 0.4) is 0 Å². The Morgan fingerprint density at radius 1 is 1.00 bits per heavy atom. The number of carbonyl (C=O) groups is 3. The van der Waals surface area contributed by atoms with E-state index in [1.807, 2.05) is 24.3 Å². The van der Waals surface area contributed by atoms with Crippen LogP contribution in [0.5, 0.6) is 5.75 Å². The van der Waals surface area contributed by atoms with Gasteiger partial charge < -0.3 is 19.7 Å². The molecule has 1 saturated heterocycles. The second-order valence-corrected chi connectivity index (χ2v) is 12.0. The lowest BCUT2D eigenvalue weighted by Gasteiger charge is -2.32. The van der Waals surface area contributed by atoms with E-state index in [0.29, 0.717) is 12.8 Å². The van der Waals surface area contributed by atoms with Crippen molar-refractivity contribution >= 4 is 27.8 Å². The van der Waals surface area contributed by atoms with Crippen LogP contribution in [0.25, 0.3) is 0 Å². The summed E-state index contributed by atoms with van der Waals surface area (Å²) in [4.78, 5) is 41.3. The number of aryl methyl sites for hydroxylation is 1. The highest BCUT2D eigenvalue weighted by atomic mass is 32.2. The van der Waals surface area contributed by atoms with E-state index < -0.39 is 51.2 Å². The third kappa shape index (κ3) is 6.83. The van der Waals surface area contributed by atoms with Crippen LogP contribution in [0.2, 0.25) is 0 Å². The maximum Gasteiger partial charge on any atom is 0.534 e. The molecule has 0 spiro atoms. The highest BCUT2D eigenvalue weighted by molar-refractivity contribution is 7.88. The zero-order valence-corrected chi connectivity index (χ0v) is 23.4. The second-order valence-electron chi connectivity index (χ2n) is 10.5. The molecular weight excluding hydrogens is 563 g/mol. The lowest BCUT2D eigenvalue weighted by Crippen LogP contribution is -2.51. The number of carbonyl (C=O) groups excluding carboxylic acids is 3. The second kappa shape index (κ2) is 12.1. The van der Waals surface area contributed by atoms with Gasteiger partial charge in [0, 0.05) is 12.5 Å². The van der Waals surface area contributed by atoms with Crippen LogP contribution >= 0.6 is 0 Å². The summed E-state index contributed by atoms with van der Waals surface area (Å²) < 4.78 is 65.0. The number of rotatable bonds is 8. The molecule has 2 aromatic rings. The van der Waals surface area contributed by atoms with Crippen LogP contribution < -0.4 is 14.8 Å². The van der Waals surface area contributed by atoms with E-state index in [9.17, 15) is 36.0 Å². The number of alkyl halides is 3. The number of hydrogen-bond acceptors (Lipinski definition) is 6. The number of amides is 3. The molecule has 222 valence electrons. The molecule has 3 atom stereocenters. The van der Waals surface area contributed by atoms with Gasteiger partial charge in [0.2, 0.25) is 17.7 Å². The molecule has 0 unspecified atom stereocenters. The van der Waals surface area contributed by atoms with Crippen molar-refractivity contribution in [3.63, 3.8) is 0 Å². The summed E-state index contributed by atoms with van der Waals surface area (Å²) in [6, 6.07) is 10.0. The summed E-state index contributed by atoms with van der Waals surface area (Å²) in [5.41, 5.74) is -3.19. The fourth-order valence-corrected chi connectivity index (χ4v) is 5.59. The Bertz CT molecular complexity index is 1400. The largest absolute Gasteiger partial charge is 0.534 e. The fraction of sp³-hybridized carbons (Fsp3) is 0.464. The van der Waals surface area contributed by atoms with Gasteiger partial charge in [-0.3, -0.25) is 14.4 Å². The van der Waals surface area contributed by atoms with E-state index in [1.165, 1.54) is 22.6 Å². The smallest absolute Gasteiger partial charge is 0.376 e. The van der Waals surface area contributed by atoms with Gasteiger partial charge in [-0.2, -0.15) is 21.6 Å². The molecule has 13 heteroatoms. The molecule has 3 amide bonds. The molecule has 2 aliphatic rings. The van der Waals surface area contributed by atoms with Crippen LogP contribution in [0, 0.1) is 5.92 Å². The molecule has 1 aliphatic heterocycles. The molecule has 1 aliphatic carbocycles. The number of nitrogens with one attached hydrogen (secondary N) is 2. The summed E-state index contributed by atoms with van der Waals surface area (Å²) in [6.45, 7) is 3.53. The van der Waals surface area contributed by atoms with Crippen LogP contribution in [-0.4, -0.2) is 49.1 Å². The third-order valence-corrected chi connectivity index (χ3v) is 8.26. The Balaban J connectivity index is 1.54. The minimum absolute atomic E-state index is 0.179. The van der Waals surface area contributed by atoms with E-state index in [2.05, 4.69) is 14.8 Å². The van der Waals surface area contributed by atoms with Gasteiger partial charge in [-0.1, -0.05) is 50.2 Å². The highest BCUT2D eigenvalue weighted by Crippen LogP contribution is 2.32. The minimum Gasteiger partial charge on any atom is -0.376 e. The van der Waals surface area contributed by atoms with Crippen molar-refractivity contribution in [2.24, 2.45) is 5.92 Å². The van der Waals surface area contributed by atoms with Gasteiger partial charge in [0.05, 0.1) is 6.04 Å². The minimum atomic E-state index is -5.88. The molecule has 41 heavy (non-hydrogen) atoms. The lowest BCUT2D eigenvalue weighted by atomic mass is 9.87. The number of halogens is 3. The van der Waals surface area contributed by atoms with Crippen LogP contribution in [-0.2, 0) is 30.9 Å². The van der Waals surface area contributed by atoms with E-state index >= 15 is 0 Å². The number of fused-ring (bicyclic) bond motifs is 1. The molecule has 4 rings (SSSR count). The maximum atomic E-state index is 13.8. The first kappa shape index (κ1) is 30.4. The van der Waals surface area contributed by atoms with Gasteiger partial charge in [-0.25, -0.2) is 0 Å². The Morgan fingerprint density at radius 3 is 2.34 bits per heavy atom. The topological polar surface area (TPSA) is 122 Å². The molecular formula is C28H32F3N3O6S. The molecule has 2 N–H and O–H groups in total. The number of likely N-dealkylation sites (tertiary alicyclic amines) is 1. The van der Waals surface area contributed by atoms with Gasteiger partial charge in [0.15, 0.2) is 0 Å². The SMILES string of the molecule is CC(C)C(=O)N[C@H](C(=O)N1CCC[C@H]1C(=O)N[C@@H]1CCCc2ccccc21)c1ccc(OS(=O)(=O)C(F)(F)F)cc1. The summed E-state index contributed by atoms with van der Waals surface area (Å²) in [6.07, 6.45) is 3.62. The van der Waals surface area contributed by atoms with Crippen molar-refractivity contribution in [3.8, 4) is 5.75 Å². The van der Waals surface area contributed by atoms with Gasteiger partial charge in [-0.05, 0) is 60.9 Å². The zero-order valence-electron chi connectivity index (χ0n) is 22.6. The van der Waals surface area contributed by atoms with E-state index in [1.54, 1.807) is 13.8 Å². The van der Waals surface area contributed by atoms with E-state index in [-0.39, 0.29) is 24.1 Å². The van der Waals surface area contributed by atoms with Crippen LogP contribution in [0.1, 0.15) is 68.3 Å². The van der Waals surface area contributed by atoms with E-state index in [4.69, 9.17) is 0 Å². The Labute approximate surface area is 236 Å². The van der Waals surface area contributed by atoms with Crippen LogP contribution in [0.4, 0.5) is 13.2 Å². The van der Waals surface area contributed by atoms with Crippen molar-refractivity contribution in [2.75, 3.05) is 6.54 Å². The molecule has 0 saturated carbocycles. The monoisotopic (exact) mass is 595 g/mol. The first-order valence-electron chi connectivity index (χ1n) is 13.4. The van der Waals surface area contributed by atoms with Crippen molar-refractivity contribution in [2.45, 2.75) is 69.6 Å². The van der Waals surface area contributed by atoms with Crippen molar-refractivity contribution in [1.82, 2.24) is 15.5 Å². The normalized spacial score (nSPS) is 19.8. The summed E-state index contributed by atoms with van der Waals surface area (Å²) >= 11 is 0. The van der Waals surface area contributed by atoms with Crippen molar-refractivity contribution in [1.29, 1.82) is 0 Å². The van der Waals surface area contributed by atoms with Crippen molar-refractivity contribution < 1.29 is 40.2 Å². The van der Waals surface area contributed by atoms with Gasteiger partial charge in [0.25, 0.3) is 0 Å². The third-order valence-electron chi connectivity index (χ3n) is 7.29. The zero-order chi connectivity index (χ0) is 29.9. The Hall–Kier alpha value is -3.61. The number of hydrogen-bond donors (Lipinski definition) is 2. The van der Waals surface area contributed by atoms with Gasteiger partial charge >= 0.3 is 15.6 Å². The predicted molar refractivity (Wildman–Crippen MR) is 143 cm³/mol. The molecule has 0 aromatic heterocycles. The molecule has 1 fully saturated rings. The van der Waals surface area contributed by atoms with Crippen LogP contribution in [0.15, 0.2) is 48.5 Å².